The highest BCUT2D eigenvalue weighted by Gasteiger charge is 2.64. The van der Waals surface area contributed by atoms with Gasteiger partial charge in [-0.15, -0.1) is 0 Å². The lowest BCUT2D eigenvalue weighted by Crippen LogP contribution is -2.41. The van der Waals surface area contributed by atoms with E-state index in [2.05, 4.69) is 36.1 Å². The Kier molecular flexibility index (Phi) is 10.4. The Balaban J connectivity index is 0.000000151. The molecule has 8 rings (SSSR count). The third kappa shape index (κ3) is 7.77. The van der Waals surface area contributed by atoms with Gasteiger partial charge in [-0.3, -0.25) is 9.59 Å². The number of rotatable bonds is 5. The highest BCUT2D eigenvalue weighted by atomic mass is 79.9. The monoisotopic (exact) mass is 806 g/mol. The number of nitrogen functional groups attached to an aromatic ring is 2. The SMILES string of the molecule is CC(=O)OC[C@H]1OC(=O)[C@@H]2OC(C)(C)O[C@H]12.CC(=O)OC[C@H]1OC(O)(c2ccc3c(N)ncnn23)[C@@H]2OC(C)(C)O[C@@H]21.Nc1ncnn2c(Br)ccc12. The highest BCUT2D eigenvalue weighted by molar-refractivity contribution is 9.10. The lowest BCUT2D eigenvalue weighted by Gasteiger charge is -2.29. The fourth-order valence-corrected chi connectivity index (χ4v) is 6.68. The molecule has 1 unspecified atom stereocenters. The Labute approximate surface area is 310 Å². The van der Waals surface area contributed by atoms with Crippen molar-refractivity contribution >= 4 is 56.5 Å². The normalized spacial score (nSPS) is 29.0. The molecular weight excluding hydrogens is 768 g/mol. The number of carbonyl (C=O) groups excluding carboxylic acids is 3. The summed E-state index contributed by atoms with van der Waals surface area (Å²) >= 11 is 3.32. The fourth-order valence-electron chi connectivity index (χ4n) is 6.26. The molecule has 5 N–H and O–H groups in total. The first kappa shape index (κ1) is 38.2. The molecule has 0 amide bonds. The van der Waals surface area contributed by atoms with Gasteiger partial charge >= 0.3 is 17.9 Å². The van der Waals surface area contributed by atoms with Crippen molar-refractivity contribution in [2.24, 2.45) is 0 Å². The second-order valence-electron chi connectivity index (χ2n) is 13.2. The van der Waals surface area contributed by atoms with E-state index in [-0.39, 0.29) is 19.0 Å². The molecule has 0 spiro atoms. The van der Waals surface area contributed by atoms with Gasteiger partial charge in [0.2, 0.25) is 5.79 Å². The Morgan fingerprint density at radius 2 is 1.36 bits per heavy atom. The standard InChI is InChI=1S/C16H20N4O6.C10H14O6.C6H5BrN4/c1-8(21)23-6-10-12-13(26-15(2,3)25-12)16(22,24-10)11-5-4-9-14(17)18-7-19-20(9)11;1-5(11)13-4-6-7-8(9(12)14-6)16-10(2,3)15-7;7-5-2-1-4-6(8)9-3-10-11(4)5/h4-5,7,10,12-13,22H,6H2,1-3H3,(H2,17,18,19);6-8H,4H2,1-3H3;1-3H,(H2,8,9,10)/t10-,12-,13-,16?;6-,7-,8-;/m11./s1. The molecular formula is C32H39BrN8O12. The van der Waals surface area contributed by atoms with E-state index >= 15 is 0 Å². The molecule has 7 atom stereocenters. The van der Waals surface area contributed by atoms with Gasteiger partial charge in [-0.05, 0) is 67.9 Å². The predicted octanol–water partition coefficient (Wildman–Crippen LogP) is 1.01. The molecule has 0 aliphatic carbocycles. The van der Waals surface area contributed by atoms with Crippen LogP contribution in [0, 0.1) is 0 Å². The maximum absolute atomic E-state index is 11.4. The summed E-state index contributed by atoms with van der Waals surface area (Å²) in [5, 5.41) is 19.5. The molecule has 8 heterocycles. The van der Waals surface area contributed by atoms with Crippen LogP contribution in [0.3, 0.4) is 0 Å². The molecule has 0 radical (unpaired) electrons. The third-order valence-electron chi connectivity index (χ3n) is 8.39. The molecule has 21 heteroatoms. The number of cyclic esters (lactones) is 1. The molecule has 4 aromatic rings. The van der Waals surface area contributed by atoms with Crippen molar-refractivity contribution < 1.29 is 57.4 Å². The van der Waals surface area contributed by atoms with Crippen molar-refractivity contribution in [3.63, 3.8) is 0 Å². The Morgan fingerprint density at radius 3 is 1.98 bits per heavy atom. The van der Waals surface area contributed by atoms with Crippen molar-refractivity contribution in [1.82, 2.24) is 29.2 Å². The maximum Gasteiger partial charge on any atom is 0.338 e. The largest absolute Gasteiger partial charge is 0.463 e. The molecule has 4 aromatic heterocycles. The van der Waals surface area contributed by atoms with Crippen LogP contribution in [0.25, 0.3) is 11.0 Å². The van der Waals surface area contributed by atoms with E-state index in [0.717, 1.165) is 10.1 Å². The highest BCUT2D eigenvalue weighted by Crippen LogP contribution is 2.48. The first-order valence-corrected chi connectivity index (χ1v) is 17.1. The van der Waals surface area contributed by atoms with Crippen molar-refractivity contribution in [1.29, 1.82) is 0 Å². The van der Waals surface area contributed by atoms with Crippen LogP contribution in [0.1, 0.15) is 47.2 Å². The summed E-state index contributed by atoms with van der Waals surface area (Å²) in [5.41, 5.74) is 13.1. The number of ether oxygens (including phenoxy) is 8. The van der Waals surface area contributed by atoms with Crippen LogP contribution in [0.4, 0.5) is 11.6 Å². The second kappa shape index (κ2) is 14.4. The average Bonchev–Trinajstić information content (AvgIpc) is 3.91. The van der Waals surface area contributed by atoms with Crippen LogP contribution in [0.2, 0.25) is 0 Å². The van der Waals surface area contributed by atoms with Crippen molar-refractivity contribution in [2.45, 2.75) is 95.5 Å². The van der Waals surface area contributed by atoms with E-state index in [1.54, 1.807) is 44.3 Å². The van der Waals surface area contributed by atoms with Gasteiger partial charge < -0.3 is 54.5 Å². The predicted molar refractivity (Wildman–Crippen MR) is 182 cm³/mol. The zero-order valence-corrected chi connectivity index (χ0v) is 31.1. The number of hydrogen-bond acceptors (Lipinski definition) is 18. The van der Waals surface area contributed by atoms with Gasteiger partial charge in [-0.1, -0.05) is 0 Å². The fraction of sp³-hybridized carbons (Fsp3) is 0.531. The number of aliphatic hydroxyl groups is 1. The van der Waals surface area contributed by atoms with E-state index in [4.69, 9.17) is 49.4 Å². The van der Waals surface area contributed by atoms with Gasteiger partial charge in [0.1, 0.15) is 71.6 Å². The summed E-state index contributed by atoms with van der Waals surface area (Å²) in [5.74, 6) is -4.17. The number of aromatic nitrogens is 6. The van der Waals surface area contributed by atoms with Gasteiger partial charge in [0.05, 0.1) is 0 Å². The number of carbonyl (C=O) groups is 3. The minimum Gasteiger partial charge on any atom is -0.463 e. The van der Waals surface area contributed by atoms with Crippen LogP contribution in [0.15, 0.2) is 41.5 Å². The average molecular weight is 808 g/mol. The molecule has 4 aliphatic rings. The Hall–Kier alpha value is -4.51. The summed E-state index contributed by atoms with van der Waals surface area (Å²) in [6, 6.07) is 7.06. The van der Waals surface area contributed by atoms with Crippen LogP contribution < -0.4 is 11.5 Å². The molecule has 4 aliphatic heterocycles. The molecule has 0 saturated carbocycles. The van der Waals surface area contributed by atoms with E-state index in [1.165, 1.54) is 31.0 Å². The number of anilines is 2. The minimum absolute atomic E-state index is 0.00167. The molecule has 4 fully saturated rings. The van der Waals surface area contributed by atoms with Gasteiger partial charge in [-0.25, -0.2) is 23.8 Å². The van der Waals surface area contributed by atoms with E-state index in [0.29, 0.717) is 17.0 Å². The number of nitrogens with two attached hydrogens (primary N) is 2. The van der Waals surface area contributed by atoms with Crippen LogP contribution in [0.5, 0.6) is 0 Å². The topological polar surface area (TPSA) is 258 Å². The van der Waals surface area contributed by atoms with Gasteiger partial charge in [0, 0.05) is 13.8 Å². The van der Waals surface area contributed by atoms with Crippen molar-refractivity contribution in [2.75, 3.05) is 24.7 Å². The lowest BCUT2D eigenvalue weighted by molar-refractivity contribution is -0.286. The van der Waals surface area contributed by atoms with E-state index < -0.39 is 71.9 Å². The second-order valence-corrected chi connectivity index (χ2v) is 14.0. The quantitative estimate of drug-likeness (QED) is 0.188. The first-order chi connectivity index (χ1) is 24.9. The van der Waals surface area contributed by atoms with Gasteiger partial charge in [-0.2, -0.15) is 10.2 Å². The van der Waals surface area contributed by atoms with E-state index in [9.17, 15) is 19.5 Å². The number of esters is 3. The number of halogens is 1. The Bertz CT molecular complexity index is 2020. The summed E-state index contributed by atoms with van der Waals surface area (Å²) in [6.07, 6.45) is -1.26. The van der Waals surface area contributed by atoms with Crippen molar-refractivity contribution in [3.8, 4) is 0 Å². The number of hydrogen-bond donors (Lipinski definition) is 3. The molecule has 20 nitrogen and oxygen atoms in total. The zero-order chi connectivity index (χ0) is 38.5. The number of nitrogens with zero attached hydrogens (tertiary/aromatic N) is 6. The van der Waals surface area contributed by atoms with Crippen LogP contribution >= 0.6 is 15.9 Å². The first-order valence-electron chi connectivity index (χ1n) is 16.3. The zero-order valence-electron chi connectivity index (χ0n) is 29.5. The minimum atomic E-state index is -1.86. The van der Waals surface area contributed by atoms with Crippen LogP contribution in [-0.4, -0.2) is 114 Å². The van der Waals surface area contributed by atoms with Gasteiger partial charge in [0.15, 0.2) is 35.4 Å². The van der Waals surface area contributed by atoms with Crippen molar-refractivity contribution in [3.05, 3.63) is 47.2 Å². The Morgan fingerprint density at radius 1 is 0.811 bits per heavy atom. The summed E-state index contributed by atoms with van der Waals surface area (Å²) in [4.78, 5) is 41.1. The summed E-state index contributed by atoms with van der Waals surface area (Å²) < 4.78 is 47.4. The molecule has 0 aromatic carbocycles. The maximum atomic E-state index is 11.4. The lowest BCUT2D eigenvalue weighted by atomic mass is 10.0. The molecule has 53 heavy (non-hydrogen) atoms. The molecule has 0 bridgehead atoms. The smallest absolute Gasteiger partial charge is 0.338 e. The number of fused-ring (bicyclic) bond motifs is 4. The van der Waals surface area contributed by atoms with Crippen LogP contribution in [-0.2, 0) is 58.1 Å². The molecule has 4 saturated heterocycles. The third-order valence-corrected chi connectivity index (χ3v) is 8.99. The summed E-state index contributed by atoms with van der Waals surface area (Å²) in [6.45, 7) is 9.46. The van der Waals surface area contributed by atoms with E-state index in [1.807, 2.05) is 12.1 Å². The summed E-state index contributed by atoms with van der Waals surface area (Å²) in [7, 11) is 0. The van der Waals surface area contributed by atoms with Gasteiger partial charge in [0.25, 0.3) is 0 Å². The molecule has 286 valence electrons.